The minimum absolute atomic E-state index is 0.109. The first kappa shape index (κ1) is 24.6. The van der Waals surface area contributed by atoms with E-state index >= 15 is 0 Å². The van der Waals surface area contributed by atoms with Gasteiger partial charge in [0.05, 0.1) is 16.9 Å². The molecule has 0 atom stereocenters. The molecule has 0 unspecified atom stereocenters. The van der Waals surface area contributed by atoms with Crippen LogP contribution in [0.25, 0.3) is 0 Å². The normalized spacial score (nSPS) is 12.6. The third kappa shape index (κ3) is 5.71. The van der Waals surface area contributed by atoms with Crippen molar-refractivity contribution in [3.63, 3.8) is 0 Å². The molecule has 1 aromatic heterocycles. The summed E-state index contributed by atoms with van der Waals surface area (Å²) in [5.41, 5.74) is 3.41. The fourth-order valence-electron chi connectivity index (χ4n) is 3.44. The van der Waals surface area contributed by atoms with Gasteiger partial charge < -0.3 is 10.4 Å². The monoisotopic (exact) mass is 433 g/mol. The molecule has 1 heterocycles. The number of benzene rings is 1. The lowest BCUT2D eigenvalue weighted by Gasteiger charge is -2.21. The van der Waals surface area contributed by atoms with Crippen LogP contribution in [0.15, 0.2) is 23.0 Å². The Balaban J connectivity index is 0.00000166. The molecule has 0 saturated heterocycles. The molecule has 3 rings (SSSR count). The summed E-state index contributed by atoms with van der Waals surface area (Å²) in [6, 6.07) is 4.68. The first-order valence-electron chi connectivity index (χ1n) is 10.5. The molecule has 0 saturated carbocycles. The van der Waals surface area contributed by atoms with Gasteiger partial charge in [0.25, 0.3) is 11.5 Å². The molecule has 7 nitrogen and oxygen atoms in total. The maximum Gasteiger partial charge on any atom is 0.278 e. The van der Waals surface area contributed by atoms with Gasteiger partial charge in [-0.25, -0.2) is 9.87 Å². The van der Waals surface area contributed by atoms with Gasteiger partial charge in [-0.2, -0.15) is 0 Å². The first-order valence-corrected chi connectivity index (χ1v) is 10.5. The average molecular weight is 434 g/mol. The molecular formula is C23H32FN3O4. The van der Waals surface area contributed by atoms with Crippen LogP contribution in [0.5, 0.6) is 0 Å². The fourth-order valence-corrected chi connectivity index (χ4v) is 3.44. The summed E-state index contributed by atoms with van der Waals surface area (Å²) in [5, 5.41) is 12.7. The van der Waals surface area contributed by atoms with Crippen LogP contribution in [-0.4, -0.2) is 27.8 Å². The second-order valence-corrected chi connectivity index (χ2v) is 8.04. The second kappa shape index (κ2) is 10.1. The van der Waals surface area contributed by atoms with Crippen molar-refractivity contribution in [3.05, 3.63) is 56.6 Å². The van der Waals surface area contributed by atoms with Crippen LogP contribution in [0, 0.1) is 12.7 Å². The van der Waals surface area contributed by atoms with E-state index in [1.54, 1.807) is 40.0 Å². The van der Waals surface area contributed by atoms with Crippen LogP contribution in [0.3, 0.4) is 0 Å². The van der Waals surface area contributed by atoms with Crippen LogP contribution >= 0.6 is 0 Å². The van der Waals surface area contributed by atoms with Crippen LogP contribution in [0.1, 0.15) is 61.2 Å². The Labute approximate surface area is 182 Å². The van der Waals surface area contributed by atoms with E-state index in [9.17, 15) is 19.1 Å². The quantitative estimate of drug-likeness (QED) is 0.606. The number of hydroxylamine groups is 1. The maximum atomic E-state index is 14.4. The average Bonchev–Trinajstić information content (AvgIpc) is 3.18. The van der Waals surface area contributed by atoms with Gasteiger partial charge >= 0.3 is 0 Å². The third-order valence-corrected chi connectivity index (χ3v) is 4.85. The highest BCUT2D eigenvalue weighted by atomic mass is 19.1. The van der Waals surface area contributed by atoms with Gasteiger partial charge in [-0.05, 0) is 63.3 Å². The molecular weight excluding hydrogens is 401 g/mol. The SMILES string of the molecule is CC.Cc1ccc(Nc2c(C(=O)NOCC(C)(C)O)c3c(c(=O)n2C)CCC3)c(F)c1. The largest absolute Gasteiger partial charge is 0.388 e. The molecule has 0 radical (unpaired) electrons. The van der Waals surface area contributed by atoms with Gasteiger partial charge in [-0.1, -0.05) is 19.9 Å². The van der Waals surface area contributed by atoms with E-state index in [2.05, 4.69) is 10.8 Å². The summed E-state index contributed by atoms with van der Waals surface area (Å²) in [5.74, 6) is -0.844. The van der Waals surface area contributed by atoms with Crippen LogP contribution in [-0.2, 0) is 24.7 Å². The number of pyridine rings is 1. The Bertz CT molecular complexity index is 1010. The molecule has 170 valence electrons. The Morgan fingerprint density at radius 1 is 1.26 bits per heavy atom. The molecule has 0 bridgehead atoms. The zero-order valence-corrected chi connectivity index (χ0v) is 19.1. The molecule has 31 heavy (non-hydrogen) atoms. The summed E-state index contributed by atoms with van der Waals surface area (Å²) in [6.45, 7) is 8.77. The fraction of sp³-hybridized carbons (Fsp3) is 0.478. The summed E-state index contributed by atoms with van der Waals surface area (Å²) in [7, 11) is 1.55. The summed E-state index contributed by atoms with van der Waals surface area (Å²) in [4.78, 5) is 30.9. The number of nitrogens with one attached hydrogen (secondary N) is 2. The van der Waals surface area contributed by atoms with Crippen molar-refractivity contribution in [1.82, 2.24) is 10.0 Å². The lowest BCUT2D eigenvalue weighted by atomic mass is 10.0. The molecule has 1 aromatic carbocycles. The summed E-state index contributed by atoms with van der Waals surface area (Å²) < 4.78 is 15.7. The molecule has 0 aliphatic heterocycles. The number of aliphatic hydroxyl groups is 1. The molecule has 0 spiro atoms. The molecule has 0 fully saturated rings. The summed E-state index contributed by atoms with van der Waals surface area (Å²) >= 11 is 0. The minimum Gasteiger partial charge on any atom is -0.388 e. The predicted octanol–water partition coefficient (Wildman–Crippen LogP) is 3.52. The summed E-state index contributed by atoms with van der Waals surface area (Å²) in [6.07, 6.45) is 1.93. The van der Waals surface area contributed by atoms with Crippen molar-refractivity contribution in [2.75, 3.05) is 11.9 Å². The van der Waals surface area contributed by atoms with E-state index in [1.165, 1.54) is 10.6 Å². The number of fused-ring (bicyclic) bond motifs is 1. The van der Waals surface area contributed by atoms with Crippen molar-refractivity contribution in [3.8, 4) is 0 Å². The number of rotatable bonds is 6. The number of hydrogen-bond acceptors (Lipinski definition) is 5. The lowest BCUT2D eigenvalue weighted by Crippen LogP contribution is -2.35. The Hall–Kier alpha value is -2.71. The van der Waals surface area contributed by atoms with Gasteiger partial charge in [-0.15, -0.1) is 0 Å². The molecule has 3 N–H and O–H groups in total. The van der Waals surface area contributed by atoms with E-state index in [0.717, 1.165) is 12.0 Å². The van der Waals surface area contributed by atoms with E-state index < -0.39 is 17.3 Å². The number of carbonyl (C=O) groups is 1. The van der Waals surface area contributed by atoms with Crippen molar-refractivity contribution in [2.45, 2.75) is 59.5 Å². The van der Waals surface area contributed by atoms with Gasteiger partial charge in [0.2, 0.25) is 0 Å². The highest BCUT2D eigenvalue weighted by molar-refractivity contribution is 6.01. The number of amides is 1. The third-order valence-electron chi connectivity index (χ3n) is 4.85. The molecule has 2 aromatic rings. The Morgan fingerprint density at radius 3 is 2.52 bits per heavy atom. The Morgan fingerprint density at radius 2 is 1.90 bits per heavy atom. The topological polar surface area (TPSA) is 92.6 Å². The molecule has 1 amide bonds. The Kier molecular flexibility index (Phi) is 7.97. The number of carbonyl (C=O) groups excluding carboxylic acids is 1. The van der Waals surface area contributed by atoms with Gasteiger partial charge in [0.1, 0.15) is 18.2 Å². The van der Waals surface area contributed by atoms with E-state index in [4.69, 9.17) is 4.84 Å². The number of anilines is 2. The highest BCUT2D eigenvalue weighted by Crippen LogP contribution is 2.30. The van der Waals surface area contributed by atoms with Crippen molar-refractivity contribution in [2.24, 2.45) is 7.05 Å². The molecule has 8 heteroatoms. The number of aromatic nitrogens is 1. The highest BCUT2D eigenvalue weighted by Gasteiger charge is 2.28. The van der Waals surface area contributed by atoms with Crippen molar-refractivity contribution >= 4 is 17.4 Å². The lowest BCUT2D eigenvalue weighted by molar-refractivity contribution is -0.0522. The zero-order chi connectivity index (χ0) is 23.3. The van der Waals surface area contributed by atoms with Crippen molar-refractivity contribution < 1.29 is 19.1 Å². The van der Waals surface area contributed by atoms with E-state index in [1.807, 2.05) is 13.8 Å². The maximum absolute atomic E-state index is 14.4. The van der Waals surface area contributed by atoms with Crippen LogP contribution in [0.4, 0.5) is 15.9 Å². The van der Waals surface area contributed by atoms with Crippen LogP contribution in [0.2, 0.25) is 0 Å². The number of halogens is 1. The molecule has 1 aliphatic rings. The second-order valence-electron chi connectivity index (χ2n) is 8.04. The smallest absolute Gasteiger partial charge is 0.278 e. The zero-order valence-electron chi connectivity index (χ0n) is 19.1. The van der Waals surface area contributed by atoms with Crippen molar-refractivity contribution in [1.29, 1.82) is 0 Å². The minimum atomic E-state index is -1.12. The standard InChI is InChI=1S/C21H26FN3O4.C2H6/c1-12-8-9-16(15(22)10-12)23-18-17(19(26)24-29-11-21(2,3)28)13-6-5-7-14(13)20(27)25(18)4;1-2/h8-10,23,28H,5-7,11H2,1-4H3,(H,24,26);1-2H3. The van der Waals surface area contributed by atoms with Gasteiger partial charge in [0.15, 0.2) is 0 Å². The number of hydrogen-bond donors (Lipinski definition) is 3. The van der Waals surface area contributed by atoms with Crippen LogP contribution < -0.4 is 16.4 Å². The first-order chi connectivity index (χ1) is 14.6. The predicted molar refractivity (Wildman–Crippen MR) is 119 cm³/mol. The van der Waals surface area contributed by atoms with E-state index in [-0.39, 0.29) is 29.2 Å². The van der Waals surface area contributed by atoms with Gasteiger partial charge in [-0.3, -0.25) is 19.0 Å². The number of aryl methyl sites for hydroxylation is 1. The van der Waals surface area contributed by atoms with Gasteiger partial charge in [0, 0.05) is 12.6 Å². The number of nitrogens with zero attached hydrogens (tertiary/aromatic N) is 1. The molecule has 1 aliphatic carbocycles. The van der Waals surface area contributed by atoms with E-state index in [0.29, 0.717) is 24.0 Å².